The largest absolute Gasteiger partial charge is 0.497 e. The van der Waals surface area contributed by atoms with Gasteiger partial charge in [0.05, 0.1) is 21.3 Å². The summed E-state index contributed by atoms with van der Waals surface area (Å²) in [6, 6.07) is 4.86. The summed E-state index contributed by atoms with van der Waals surface area (Å²) in [5.41, 5.74) is 0.445. The lowest BCUT2D eigenvalue weighted by atomic mass is 10.2. The maximum absolute atomic E-state index is 11.5. The van der Waals surface area contributed by atoms with Crippen molar-refractivity contribution in [3.8, 4) is 23.3 Å². The van der Waals surface area contributed by atoms with Crippen LogP contribution >= 0.6 is 0 Å². The van der Waals surface area contributed by atoms with Crippen LogP contribution in [0.15, 0.2) is 18.2 Å². The summed E-state index contributed by atoms with van der Waals surface area (Å²) in [4.78, 5) is 22.2. The molecule has 1 N–H and O–H groups in total. The van der Waals surface area contributed by atoms with Gasteiger partial charge in [0.1, 0.15) is 11.5 Å². The van der Waals surface area contributed by atoms with Gasteiger partial charge in [-0.2, -0.15) is 0 Å². The molecule has 1 aromatic carbocycles. The van der Waals surface area contributed by atoms with Crippen LogP contribution in [0.3, 0.4) is 0 Å². The summed E-state index contributed by atoms with van der Waals surface area (Å²) < 4.78 is 14.4. The zero-order chi connectivity index (χ0) is 14.3. The van der Waals surface area contributed by atoms with Gasteiger partial charge in [0.15, 0.2) is 0 Å². The molecule has 0 saturated carbocycles. The molecule has 0 saturated heterocycles. The fourth-order valence-corrected chi connectivity index (χ4v) is 1.20. The Kier molecular flexibility index (Phi) is 5.23. The molecule has 0 aliphatic rings. The average molecular weight is 263 g/mol. The molecule has 0 aromatic heterocycles. The number of benzene rings is 1. The molecule has 100 valence electrons. The molecule has 0 aliphatic heterocycles. The molecule has 1 rings (SSSR count). The highest BCUT2D eigenvalue weighted by molar-refractivity contribution is 6.07. The topological polar surface area (TPSA) is 73.9 Å². The summed E-state index contributed by atoms with van der Waals surface area (Å²) in [7, 11) is 4.18. The van der Waals surface area contributed by atoms with Crippen molar-refractivity contribution >= 4 is 17.6 Å². The number of hydrogen-bond acceptors (Lipinski definition) is 5. The van der Waals surface area contributed by atoms with Gasteiger partial charge in [-0.25, -0.2) is 4.79 Å². The number of nitrogens with one attached hydrogen (secondary N) is 1. The van der Waals surface area contributed by atoms with Crippen LogP contribution in [0.25, 0.3) is 0 Å². The first-order chi connectivity index (χ1) is 9.08. The summed E-state index contributed by atoms with van der Waals surface area (Å²) in [6.45, 7) is 0. The molecule has 0 fully saturated rings. The van der Waals surface area contributed by atoms with Crippen molar-refractivity contribution in [2.75, 3.05) is 26.6 Å². The van der Waals surface area contributed by atoms with E-state index in [1.807, 2.05) is 5.92 Å². The van der Waals surface area contributed by atoms with E-state index in [4.69, 9.17) is 9.47 Å². The molecular weight excluding hydrogens is 250 g/mol. The number of anilines is 1. The molecule has 0 aliphatic carbocycles. The summed E-state index contributed by atoms with van der Waals surface area (Å²) in [6.07, 6.45) is 0. The second-order valence-electron chi connectivity index (χ2n) is 3.30. The normalized spacial score (nSPS) is 8.79. The van der Waals surface area contributed by atoms with Gasteiger partial charge in [0.25, 0.3) is 0 Å². The predicted octanol–water partition coefficient (Wildman–Crippen LogP) is 0.819. The molecule has 0 bridgehead atoms. The van der Waals surface area contributed by atoms with Gasteiger partial charge in [-0.05, 0) is 0 Å². The maximum Gasteiger partial charge on any atom is 0.384 e. The Morgan fingerprint density at radius 2 is 1.58 bits per heavy atom. The molecule has 0 spiro atoms. The number of rotatable bonds is 3. The Bertz CT molecular complexity index is 519. The first-order valence-corrected chi connectivity index (χ1v) is 5.23. The fraction of sp³-hybridized carbons (Fsp3) is 0.231. The molecule has 0 heterocycles. The van der Waals surface area contributed by atoms with Crippen LogP contribution in [0.5, 0.6) is 11.5 Å². The summed E-state index contributed by atoms with van der Waals surface area (Å²) in [5.74, 6) is 3.75. The number of carbonyl (C=O) groups is 2. The second kappa shape index (κ2) is 6.91. The Morgan fingerprint density at radius 1 is 1.00 bits per heavy atom. The number of carbonyl (C=O) groups excluding carboxylic acids is 2. The predicted molar refractivity (Wildman–Crippen MR) is 68.0 cm³/mol. The molecular formula is C13H13NO5. The Labute approximate surface area is 110 Å². The first-order valence-electron chi connectivity index (χ1n) is 5.23. The van der Waals surface area contributed by atoms with E-state index in [1.165, 1.54) is 21.3 Å². The highest BCUT2D eigenvalue weighted by Crippen LogP contribution is 2.25. The van der Waals surface area contributed by atoms with Crippen LogP contribution in [0.4, 0.5) is 5.69 Å². The minimum absolute atomic E-state index is 0.445. The smallest absolute Gasteiger partial charge is 0.384 e. The van der Waals surface area contributed by atoms with Crippen molar-refractivity contribution in [1.29, 1.82) is 0 Å². The summed E-state index contributed by atoms with van der Waals surface area (Å²) >= 11 is 0. The molecule has 0 atom stereocenters. The minimum atomic E-state index is -0.779. The SMILES string of the molecule is COC(=O)C#CC(=O)Nc1cc(OC)cc(OC)c1. The van der Waals surface area contributed by atoms with Crippen molar-refractivity contribution in [2.45, 2.75) is 0 Å². The Balaban J connectivity index is 2.83. The average Bonchev–Trinajstić information content (AvgIpc) is 2.44. The highest BCUT2D eigenvalue weighted by atomic mass is 16.5. The lowest BCUT2D eigenvalue weighted by Gasteiger charge is -2.07. The van der Waals surface area contributed by atoms with E-state index < -0.39 is 11.9 Å². The molecule has 0 unspecified atom stereocenters. The van der Waals surface area contributed by atoms with E-state index in [1.54, 1.807) is 18.2 Å². The molecule has 0 radical (unpaired) electrons. The number of ether oxygens (including phenoxy) is 3. The van der Waals surface area contributed by atoms with Crippen LogP contribution in [0.1, 0.15) is 0 Å². The Hall–Kier alpha value is -2.68. The third-order valence-corrected chi connectivity index (χ3v) is 2.07. The standard InChI is InChI=1S/C13H13NO5/c1-17-10-6-9(7-11(8-10)18-2)14-12(15)4-5-13(16)19-3/h6-8H,1-3H3,(H,14,15). The van der Waals surface area contributed by atoms with Gasteiger partial charge in [0.2, 0.25) is 0 Å². The second-order valence-corrected chi connectivity index (χ2v) is 3.30. The zero-order valence-electron chi connectivity index (χ0n) is 10.8. The van der Waals surface area contributed by atoms with Crippen LogP contribution in [-0.2, 0) is 14.3 Å². The number of hydrogen-bond donors (Lipinski definition) is 1. The highest BCUT2D eigenvalue weighted by Gasteiger charge is 2.04. The van der Waals surface area contributed by atoms with Gasteiger partial charge < -0.3 is 19.5 Å². The zero-order valence-corrected chi connectivity index (χ0v) is 10.8. The molecule has 6 nitrogen and oxygen atoms in total. The first kappa shape index (κ1) is 14.4. The van der Waals surface area contributed by atoms with Gasteiger partial charge in [0, 0.05) is 35.7 Å². The van der Waals surface area contributed by atoms with Gasteiger partial charge in [-0.3, -0.25) is 4.79 Å². The van der Waals surface area contributed by atoms with Crippen LogP contribution < -0.4 is 14.8 Å². The molecule has 1 amide bonds. The third kappa shape index (κ3) is 4.60. The van der Waals surface area contributed by atoms with Gasteiger partial charge in [-0.15, -0.1) is 0 Å². The van der Waals surface area contributed by atoms with E-state index in [9.17, 15) is 9.59 Å². The van der Waals surface area contributed by atoms with Gasteiger partial charge in [-0.1, -0.05) is 0 Å². The van der Waals surface area contributed by atoms with Crippen LogP contribution in [0.2, 0.25) is 0 Å². The molecule has 6 heteroatoms. The molecule has 1 aromatic rings. The number of methoxy groups -OCH3 is 3. The fourth-order valence-electron chi connectivity index (χ4n) is 1.20. The van der Waals surface area contributed by atoms with Crippen molar-refractivity contribution < 1.29 is 23.8 Å². The van der Waals surface area contributed by atoms with E-state index >= 15 is 0 Å². The monoisotopic (exact) mass is 263 g/mol. The van der Waals surface area contributed by atoms with Crippen molar-refractivity contribution in [3.63, 3.8) is 0 Å². The van der Waals surface area contributed by atoms with E-state index in [-0.39, 0.29) is 0 Å². The Morgan fingerprint density at radius 3 is 2.05 bits per heavy atom. The molecule has 19 heavy (non-hydrogen) atoms. The van der Waals surface area contributed by atoms with Crippen LogP contribution in [-0.4, -0.2) is 33.2 Å². The minimum Gasteiger partial charge on any atom is -0.497 e. The lowest BCUT2D eigenvalue weighted by molar-refractivity contribution is -0.133. The van der Waals surface area contributed by atoms with E-state index in [2.05, 4.69) is 16.0 Å². The maximum atomic E-state index is 11.5. The lowest BCUT2D eigenvalue weighted by Crippen LogP contribution is -2.09. The van der Waals surface area contributed by atoms with Crippen molar-refractivity contribution in [1.82, 2.24) is 0 Å². The summed E-state index contributed by atoms with van der Waals surface area (Å²) in [5, 5.41) is 2.49. The number of amides is 1. The van der Waals surface area contributed by atoms with Gasteiger partial charge >= 0.3 is 11.9 Å². The quantitative estimate of drug-likeness (QED) is 0.496. The number of esters is 1. The van der Waals surface area contributed by atoms with Crippen LogP contribution in [0, 0.1) is 11.8 Å². The van der Waals surface area contributed by atoms with E-state index in [0.29, 0.717) is 17.2 Å². The van der Waals surface area contributed by atoms with E-state index in [0.717, 1.165) is 0 Å². The van der Waals surface area contributed by atoms with Crippen molar-refractivity contribution in [2.24, 2.45) is 0 Å². The third-order valence-electron chi connectivity index (χ3n) is 2.07. The van der Waals surface area contributed by atoms with Crippen molar-refractivity contribution in [3.05, 3.63) is 18.2 Å².